The van der Waals surface area contributed by atoms with Crippen LogP contribution in [0.5, 0.6) is 0 Å². The molecule has 1 saturated heterocycles. The zero-order valence-corrected chi connectivity index (χ0v) is 11.6. The zero-order valence-electron chi connectivity index (χ0n) is 11.6. The Morgan fingerprint density at radius 2 is 2.17 bits per heavy atom. The van der Waals surface area contributed by atoms with Gasteiger partial charge in [-0.1, -0.05) is 13.8 Å². The topological polar surface area (TPSA) is 58.6 Å². The lowest BCUT2D eigenvalue weighted by Gasteiger charge is -2.35. The average Bonchev–Trinajstić information content (AvgIpc) is 2.32. The van der Waals surface area contributed by atoms with Crippen LogP contribution >= 0.6 is 0 Å². The van der Waals surface area contributed by atoms with Gasteiger partial charge in [0.1, 0.15) is 6.04 Å². The standard InChI is InChI=1S/C13H24N2O3/c1-4-18-7-5-6-15-11(8-10(2)3)13(17)14-9-12(15)16/h10-11H,4-9H2,1-3H3,(H,14,17). The maximum Gasteiger partial charge on any atom is 0.243 e. The average molecular weight is 256 g/mol. The van der Waals surface area contributed by atoms with Gasteiger partial charge in [0.15, 0.2) is 0 Å². The van der Waals surface area contributed by atoms with Crippen LogP contribution in [-0.2, 0) is 14.3 Å². The third-order valence-electron chi connectivity index (χ3n) is 3.00. The molecule has 0 spiro atoms. The van der Waals surface area contributed by atoms with E-state index in [0.717, 1.165) is 6.42 Å². The minimum Gasteiger partial charge on any atom is -0.382 e. The van der Waals surface area contributed by atoms with E-state index in [0.29, 0.717) is 32.1 Å². The predicted molar refractivity (Wildman–Crippen MR) is 69.1 cm³/mol. The van der Waals surface area contributed by atoms with Crippen molar-refractivity contribution in [2.45, 2.75) is 39.7 Å². The van der Waals surface area contributed by atoms with E-state index in [2.05, 4.69) is 19.2 Å². The highest BCUT2D eigenvalue weighted by Crippen LogP contribution is 2.15. The van der Waals surface area contributed by atoms with Crippen molar-refractivity contribution in [2.75, 3.05) is 26.3 Å². The second kappa shape index (κ2) is 7.36. The summed E-state index contributed by atoms with van der Waals surface area (Å²) in [5.74, 6) is 0.373. The largest absolute Gasteiger partial charge is 0.382 e. The molecule has 1 heterocycles. The fourth-order valence-electron chi connectivity index (χ4n) is 2.14. The van der Waals surface area contributed by atoms with Gasteiger partial charge in [0.05, 0.1) is 6.54 Å². The van der Waals surface area contributed by atoms with Gasteiger partial charge in [0.2, 0.25) is 11.8 Å². The van der Waals surface area contributed by atoms with E-state index in [4.69, 9.17) is 4.74 Å². The molecule has 0 aromatic heterocycles. The van der Waals surface area contributed by atoms with Crippen molar-refractivity contribution < 1.29 is 14.3 Å². The van der Waals surface area contributed by atoms with Crippen molar-refractivity contribution in [3.63, 3.8) is 0 Å². The lowest BCUT2D eigenvalue weighted by Crippen LogP contribution is -2.58. The normalized spacial score (nSPS) is 20.4. The summed E-state index contributed by atoms with van der Waals surface area (Å²) in [5.41, 5.74) is 0. The van der Waals surface area contributed by atoms with Gasteiger partial charge >= 0.3 is 0 Å². The summed E-state index contributed by atoms with van der Waals surface area (Å²) in [6, 6.07) is -0.312. The number of hydrogen-bond donors (Lipinski definition) is 1. The quantitative estimate of drug-likeness (QED) is 0.685. The van der Waals surface area contributed by atoms with Gasteiger partial charge in [-0.2, -0.15) is 0 Å². The van der Waals surface area contributed by atoms with E-state index >= 15 is 0 Å². The van der Waals surface area contributed by atoms with Gasteiger partial charge in [-0.05, 0) is 25.7 Å². The first kappa shape index (κ1) is 15.0. The molecule has 0 radical (unpaired) electrons. The van der Waals surface area contributed by atoms with Gasteiger partial charge < -0.3 is 15.0 Å². The molecule has 1 rings (SSSR count). The fraction of sp³-hybridized carbons (Fsp3) is 0.846. The van der Waals surface area contributed by atoms with Crippen LogP contribution in [-0.4, -0.2) is 49.1 Å². The smallest absolute Gasteiger partial charge is 0.243 e. The van der Waals surface area contributed by atoms with Gasteiger partial charge in [0.25, 0.3) is 0 Å². The number of carbonyl (C=O) groups excluding carboxylic acids is 2. The molecule has 5 heteroatoms. The van der Waals surface area contributed by atoms with E-state index in [9.17, 15) is 9.59 Å². The molecule has 1 aliphatic heterocycles. The third-order valence-corrected chi connectivity index (χ3v) is 3.00. The Labute approximate surface area is 109 Å². The minimum absolute atomic E-state index is 0.0109. The maximum atomic E-state index is 11.9. The van der Waals surface area contributed by atoms with Gasteiger partial charge in [-0.15, -0.1) is 0 Å². The Morgan fingerprint density at radius 1 is 1.44 bits per heavy atom. The second-order valence-corrected chi connectivity index (χ2v) is 5.00. The number of ether oxygens (including phenoxy) is 1. The maximum absolute atomic E-state index is 11.9. The lowest BCUT2D eigenvalue weighted by molar-refractivity contribution is -0.146. The highest BCUT2D eigenvalue weighted by molar-refractivity contribution is 5.94. The van der Waals surface area contributed by atoms with Crippen molar-refractivity contribution >= 4 is 11.8 Å². The number of hydrogen-bond acceptors (Lipinski definition) is 3. The van der Waals surface area contributed by atoms with Crippen molar-refractivity contribution in [3.05, 3.63) is 0 Å². The molecule has 0 saturated carbocycles. The molecule has 104 valence electrons. The highest BCUT2D eigenvalue weighted by Gasteiger charge is 2.34. The third kappa shape index (κ3) is 4.29. The monoisotopic (exact) mass is 256 g/mol. The molecule has 18 heavy (non-hydrogen) atoms. The summed E-state index contributed by atoms with van der Waals surface area (Å²) in [4.78, 5) is 25.4. The minimum atomic E-state index is -0.312. The van der Waals surface area contributed by atoms with Crippen molar-refractivity contribution in [3.8, 4) is 0 Å². The predicted octanol–water partition coefficient (Wildman–Crippen LogP) is 0.786. The van der Waals surface area contributed by atoms with Crippen molar-refractivity contribution in [2.24, 2.45) is 5.92 Å². The Kier molecular flexibility index (Phi) is 6.12. The van der Waals surface area contributed by atoms with E-state index in [1.807, 2.05) is 6.92 Å². The van der Waals surface area contributed by atoms with Crippen LogP contribution < -0.4 is 5.32 Å². The molecule has 0 aromatic rings. The van der Waals surface area contributed by atoms with Crippen molar-refractivity contribution in [1.82, 2.24) is 10.2 Å². The van der Waals surface area contributed by atoms with E-state index in [1.165, 1.54) is 0 Å². The number of nitrogens with one attached hydrogen (secondary N) is 1. The van der Waals surface area contributed by atoms with E-state index in [1.54, 1.807) is 4.90 Å². The summed E-state index contributed by atoms with van der Waals surface area (Å²) in [6.07, 6.45) is 1.49. The molecular weight excluding hydrogens is 232 g/mol. The van der Waals surface area contributed by atoms with Gasteiger partial charge in [-0.25, -0.2) is 0 Å². The van der Waals surface area contributed by atoms with Crippen LogP contribution in [0.2, 0.25) is 0 Å². The second-order valence-electron chi connectivity index (χ2n) is 5.00. The van der Waals surface area contributed by atoms with E-state index in [-0.39, 0.29) is 24.4 Å². The van der Waals surface area contributed by atoms with Gasteiger partial charge in [-0.3, -0.25) is 9.59 Å². The highest BCUT2D eigenvalue weighted by atomic mass is 16.5. The Morgan fingerprint density at radius 3 is 2.78 bits per heavy atom. The first-order valence-corrected chi connectivity index (χ1v) is 6.71. The van der Waals surface area contributed by atoms with Crippen LogP contribution in [0.3, 0.4) is 0 Å². The molecule has 0 aliphatic carbocycles. The van der Waals surface area contributed by atoms with Crippen LogP contribution in [0.25, 0.3) is 0 Å². The summed E-state index contributed by atoms with van der Waals surface area (Å²) in [5, 5.41) is 2.66. The molecule has 0 bridgehead atoms. The molecule has 1 atom stereocenters. The molecular formula is C13H24N2O3. The molecule has 1 fully saturated rings. The summed E-state index contributed by atoms with van der Waals surface area (Å²) in [6.45, 7) is 8.11. The van der Waals surface area contributed by atoms with Crippen molar-refractivity contribution in [1.29, 1.82) is 0 Å². The lowest BCUT2D eigenvalue weighted by atomic mass is 9.99. The van der Waals surface area contributed by atoms with Crippen LogP contribution in [0.15, 0.2) is 0 Å². The Balaban J connectivity index is 2.55. The number of piperazine rings is 1. The summed E-state index contributed by atoms with van der Waals surface area (Å²) < 4.78 is 5.26. The Bertz CT molecular complexity index is 292. The molecule has 1 unspecified atom stereocenters. The first-order valence-electron chi connectivity index (χ1n) is 6.71. The Hall–Kier alpha value is -1.10. The van der Waals surface area contributed by atoms with E-state index < -0.39 is 0 Å². The number of carbonyl (C=O) groups is 2. The molecule has 5 nitrogen and oxygen atoms in total. The molecule has 2 amide bonds. The SMILES string of the molecule is CCOCCCN1C(=O)CNC(=O)C1CC(C)C. The number of rotatable bonds is 7. The zero-order chi connectivity index (χ0) is 13.5. The van der Waals surface area contributed by atoms with Gasteiger partial charge in [0, 0.05) is 19.8 Å². The molecule has 1 N–H and O–H groups in total. The number of nitrogens with zero attached hydrogens (tertiary/aromatic N) is 1. The van der Waals surface area contributed by atoms with Crippen LogP contribution in [0, 0.1) is 5.92 Å². The molecule has 1 aliphatic rings. The molecule has 0 aromatic carbocycles. The van der Waals surface area contributed by atoms with Crippen LogP contribution in [0.1, 0.15) is 33.6 Å². The van der Waals surface area contributed by atoms with Crippen LogP contribution in [0.4, 0.5) is 0 Å². The summed E-state index contributed by atoms with van der Waals surface area (Å²) in [7, 11) is 0. The fourth-order valence-corrected chi connectivity index (χ4v) is 2.14. The number of amides is 2. The first-order chi connectivity index (χ1) is 8.56. The summed E-state index contributed by atoms with van der Waals surface area (Å²) >= 11 is 0.